The van der Waals surface area contributed by atoms with Crippen LogP contribution in [0, 0.1) is 3.57 Å². The molecule has 0 spiro atoms. The van der Waals surface area contributed by atoms with E-state index in [9.17, 15) is 9.59 Å². The minimum Gasteiger partial charge on any atom is -0.487 e. The summed E-state index contributed by atoms with van der Waals surface area (Å²) in [4.78, 5) is 34.0. The minimum atomic E-state index is -0.691. The average Bonchev–Trinajstić information content (AvgIpc) is 3.65. The number of thiophene rings is 1. The quantitative estimate of drug-likeness (QED) is 0.120. The van der Waals surface area contributed by atoms with Gasteiger partial charge in [-0.3, -0.25) is 9.36 Å². The van der Waals surface area contributed by atoms with Crippen LogP contribution < -0.4 is 19.6 Å². The predicted octanol–water partition coefficient (Wildman–Crippen LogP) is 7.60. The molecule has 0 aliphatic carbocycles. The second-order valence-electron chi connectivity index (χ2n) is 9.67. The van der Waals surface area contributed by atoms with E-state index in [2.05, 4.69) is 38.5 Å². The molecule has 6 nitrogen and oxygen atoms in total. The molecule has 1 aliphatic rings. The molecule has 5 aromatic rings. The van der Waals surface area contributed by atoms with Crippen molar-refractivity contribution in [2.75, 3.05) is 6.61 Å². The van der Waals surface area contributed by atoms with E-state index in [4.69, 9.17) is 26.1 Å². The normalized spacial score (nSPS) is 14.7. The van der Waals surface area contributed by atoms with Crippen molar-refractivity contribution in [2.45, 2.75) is 19.6 Å². The molecular formula is C33H23BrClIN2O4S2. The van der Waals surface area contributed by atoms with E-state index in [1.54, 1.807) is 11.5 Å². The zero-order valence-corrected chi connectivity index (χ0v) is 29.3. The maximum Gasteiger partial charge on any atom is 0.338 e. The monoisotopic (exact) mass is 816 g/mol. The second kappa shape index (κ2) is 13.5. The van der Waals surface area contributed by atoms with Gasteiger partial charge in [-0.2, -0.15) is 0 Å². The Labute approximate surface area is 288 Å². The van der Waals surface area contributed by atoms with Gasteiger partial charge in [-0.05, 0) is 76.9 Å². The molecule has 1 aliphatic heterocycles. The fraction of sp³-hybridized carbons (Fsp3) is 0.121. The van der Waals surface area contributed by atoms with Crippen molar-refractivity contribution in [3.8, 4) is 5.75 Å². The number of ether oxygens (including phenoxy) is 2. The van der Waals surface area contributed by atoms with Crippen LogP contribution in [0.1, 0.15) is 34.5 Å². The van der Waals surface area contributed by atoms with Gasteiger partial charge in [0.25, 0.3) is 5.56 Å². The molecule has 6 rings (SSSR count). The van der Waals surface area contributed by atoms with Crippen LogP contribution in [0.4, 0.5) is 0 Å². The number of esters is 1. The highest BCUT2D eigenvalue weighted by Crippen LogP contribution is 2.37. The van der Waals surface area contributed by atoms with Crippen molar-refractivity contribution in [1.29, 1.82) is 0 Å². The van der Waals surface area contributed by atoms with E-state index in [1.807, 2.05) is 90.3 Å². The molecule has 3 heterocycles. The zero-order chi connectivity index (χ0) is 30.8. The molecule has 0 bridgehead atoms. The van der Waals surface area contributed by atoms with E-state index in [0.717, 1.165) is 29.6 Å². The van der Waals surface area contributed by atoms with Crippen molar-refractivity contribution in [1.82, 2.24) is 4.57 Å². The van der Waals surface area contributed by atoms with Crippen molar-refractivity contribution in [3.05, 3.63) is 144 Å². The number of thiazole rings is 1. The highest BCUT2D eigenvalue weighted by molar-refractivity contribution is 14.1. The minimum absolute atomic E-state index is 0.200. The first-order valence-corrected chi connectivity index (χ1v) is 17.5. The fourth-order valence-electron chi connectivity index (χ4n) is 4.92. The summed E-state index contributed by atoms with van der Waals surface area (Å²) >= 11 is 14.8. The molecule has 0 fully saturated rings. The molecule has 11 heteroatoms. The number of carbonyl (C=O) groups is 1. The lowest BCUT2D eigenvalue weighted by Gasteiger charge is -2.24. The van der Waals surface area contributed by atoms with E-state index in [1.165, 1.54) is 22.7 Å². The van der Waals surface area contributed by atoms with Crippen LogP contribution in [0.5, 0.6) is 5.75 Å². The Morgan fingerprint density at radius 2 is 1.93 bits per heavy atom. The predicted molar refractivity (Wildman–Crippen MR) is 188 cm³/mol. The van der Waals surface area contributed by atoms with Crippen LogP contribution >= 0.6 is 72.8 Å². The highest BCUT2D eigenvalue weighted by Gasteiger charge is 2.35. The van der Waals surface area contributed by atoms with E-state index in [-0.39, 0.29) is 12.2 Å². The lowest BCUT2D eigenvalue weighted by atomic mass is 9.97. The summed E-state index contributed by atoms with van der Waals surface area (Å²) in [6, 6.07) is 24.1. The van der Waals surface area contributed by atoms with E-state index in [0.29, 0.717) is 38.0 Å². The van der Waals surface area contributed by atoms with Crippen LogP contribution in [0.3, 0.4) is 0 Å². The average molecular weight is 818 g/mol. The first-order valence-electron chi connectivity index (χ1n) is 13.5. The molecule has 0 unspecified atom stereocenters. The number of fused-ring (bicyclic) bond motifs is 1. The Bertz CT molecular complexity index is 2070. The van der Waals surface area contributed by atoms with Crippen molar-refractivity contribution in [2.24, 2.45) is 4.99 Å². The molecule has 222 valence electrons. The van der Waals surface area contributed by atoms with Gasteiger partial charge >= 0.3 is 5.97 Å². The maximum absolute atomic E-state index is 14.2. The van der Waals surface area contributed by atoms with E-state index >= 15 is 0 Å². The van der Waals surface area contributed by atoms with Gasteiger partial charge < -0.3 is 9.47 Å². The van der Waals surface area contributed by atoms with Crippen LogP contribution in [-0.4, -0.2) is 17.1 Å². The van der Waals surface area contributed by atoms with Gasteiger partial charge in [0, 0.05) is 25.5 Å². The molecule has 2 aromatic heterocycles. The SMILES string of the molecule is CCOC(=O)C1=C(c2ccccc2)N=c2s/c(=C\c3cc(Br)cc(I)c3OCc3cccc(Cl)c3)c(=O)n2[C@H]1c1cccs1. The smallest absolute Gasteiger partial charge is 0.338 e. The molecule has 0 N–H and O–H groups in total. The summed E-state index contributed by atoms with van der Waals surface area (Å²) in [6.45, 7) is 2.27. The molecule has 0 saturated heterocycles. The third-order valence-electron chi connectivity index (χ3n) is 6.78. The molecule has 3 aromatic carbocycles. The molecule has 0 saturated carbocycles. The number of nitrogens with zero attached hydrogens (tertiary/aromatic N) is 2. The lowest BCUT2D eigenvalue weighted by molar-refractivity contribution is -0.138. The number of hydrogen-bond acceptors (Lipinski definition) is 7. The zero-order valence-electron chi connectivity index (χ0n) is 23.1. The summed E-state index contributed by atoms with van der Waals surface area (Å²) < 4.78 is 15.6. The number of halogens is 3. The maximum atomic E-state index is 14.2. The molecule has 0 amide bonds. The summed E-state index contributed by atoms with van der Waals surface area (Å²) in [5, 5.41) is 2.57. The first-order chi connectivity index (χ1) is 21.3. The number of carbonyl (C=O) groups excluding carboxylic acids is 1. The number of aromatic nitrogens is 1. The van der Waals surface area contributed by atoms with Crippen molar-refractivity contribution < 1.29 is 14.3 Å². The summed E-state index contributed by atoms with van der Waals surface area (Å²) in [5.41, 5.74) is 3.01. The van der Waals surface area contributed by atoms with Gasteiger partial charge in [0.2, 0.25) is 0 Å². The Kier molecular flexibility index (Phi) is 9.53. The molecular weight excluding hydrogens is 795 g/mol. The van der Waals surface area contributed by atoms with Crippen LogP contribution in [0.25, 0.3) is 11.8 Å². The fourth-order valence-corrected chi connectivity index (χ4v) is 8.65. The highest BCUT2D eigenvalue weighted by atomic mass is 127. The van der Waals surface area contributed by atoms with Crippen molar-refractivity contribution >= 4 is 90.5 Å². The van der Waals surface area contributed by atoms with Gasteiger partial charge in [0.1, 0.15) is 18.4 Å². The van der Waals surface area contributed by atoms with Gasteiger partial charge in [-0.1, -0.05) is 87.4 Å². The standard InChI is InChI=1S/C33H23BrClIN2O4S2/c1-2-41-32(40)27-28(20-9-4-3-5-10-20)37-33-38(29(27)25-12-7-13-43-25)31(39)26(44-33)16-21-15-22(34)17-24(36)30(21)42-18-19-8-6-11-23(35)14-19/h3-17,29H,2,18H2,1H3/b26-16-/t29-/m0/s1. The Hall–Kier alpha value is -3.03. The van der Waals surface area contributed by atoms with E-state index < -0.39 is 12.0 Å². The van der Waals surface area contributed by atoms with Crippen LogP contribution in [0.2, 0.25) is 5.02 Å². The second-order valence-corrected chi connectivity index (χ2v) is 14.2. The molecule has 1 atom stereocenters. The van der Waals surface area contributed by atoms with Gasteiger partial charge in [0.15, 0.2) is 4.80 Å². The lowest BCUT2D eigenvalue weighted by Crippen LogP contribution is -2.39. The largest absolute Gasteiger partial charge is 0.487 e. The number of rotatable bonds is 8. The van der Waals surface area contributed by atoms with Crippen molar-refractivity contribution in [3.63, 3.8) is 0 Å². The third-order valence-corrected chi connectivity index (χ3v) is 10.2. The summed E-state index contributed by atoms with van der Waals surface area (Å²) in [7, 11) is 0. The van der Waals surface area contributed by atoms with Gasteiger partial charge in [-0.15, -0.1) is 11.3 Å². The summed E-state index contributed by atoms with van der Waals surface area (Å²) in [5.74, 6) is 0.146. The molecule has 44 heavy (non-hydrogen) atoms. The Balaban J connectivity index is 1.54. The molecule has 0 radical (unpaired) electrons. The Morgan fingerprint density at radius 1 is 1.11 bits per heavy atom. The number of benzene rings is 3. The Morgan fingerprint density at radius 3 is 2.66 bits per heavy atom. The van der Waals surface area contributed by atoms with Gasteiger partial charge in [-0.25, -0.2) is 9.79 Å². The number of hydrogen-bond donors (Lipinski definition) is 0. The third kappa shape index (κ3) is 6.36. The summed E-state index contributed by atoms with van der Waals surface area (Å²) in [6.07, 6.45) is 1.83. The topological polar surface area (TPSA) is 69.9 Å². The van der Waals surface area contributed by atoms with Crippen LogP contribution in [-0.2, 0) is 16.1 Å². The first kappa shape index (κ1) is 31.0. The van der Waals surface area contributed by atoms with Gasteiger partial charge in [0.05, 0.1) is 26.0 Å². The van der Waals surface area contributed by atoms with Crippen LogP contribution in [0.15, 0.2) is 104 Å².